The molecule has 22 heavy (non-hydrogen) atoms. The molecule has 1 N–H and O–H groups in total. The lowest BCUT2D eigenvalue weighted by Crippen LogP contribution is -1.89. The maximum atomic E-state index is 3.81. The molecule has 0 unspecified atom stereocenters. The molecule has 0 aromatic rings. The molecule has 0 aliphatic heterocycles. The summed E-state index contributed by atoms with van der Waals surface area (Å²) in [6, 6.07) is 0. The van der Waals surface area contributed by atoms with Gasteiger partial charge in [0.15, 0.2) is 0 Å². The number of nitrogens with one attached hydrogen (secondary N) is 1. The zero-order valence-electron chi connectivity index (χ0n) is 16.7. The van der Waals surface area contributed by atoms with Crippen LogP contribution in [0.5, 0.6) is 0 Å². The van der Waals surface area contributed by atoms with Gasteiger partial charge in [-0.25, -0.2) is 0 Å². The second-order valence-corrected chi connectivity index (χ2v) is 5.14. The zero-order valence-corrected chi connectivity index (χ0v) is 16.7. The molecule has 0 heterocycles. The van der Waals surface area contributed by atoms with Gasteiger partial charge in [0, 0.05) is 0 Å². The average Bonchev–Trinajstić information content (AvgIpc) is 2.40. The third-order valence-corrected chi connectivity index (χ3v) is 1.54. The Morgan fingerprint density at radius 3 is 1.45 bits per heavy atom. The van der Waals surface area contributed by atoms with Crippen LogP contribution in [0.15, 0.2) is 60.3 Å². The molecule has 0 atom stereocenters. The van der Waals surface area contributed by atoms with Crippen LogP contribution in [0.25, 0.3) is 0 Å². The predicted molar refractivity (Wildman–Crippen MR) is 109 cm³/mol. The largest absolute Gasteiger partial charge is 0.323 e. The van der Waals surface area contributed by atoms with Gasteiger partial charge < -0.3 is 5.32 Å². The SMILES string of the molecule is C=C/C=C\C(/C=C\C(=C)C)=C(C)C.CCC.CCC.CNC. The van der Waals surface area contributed by atoms with E-state index in [2.05, 4.69) is 66.1 Å². The van der Waals surface area contributed by atoms with Crippen LogP contribution in [0, 0.1) is 0 Å². The quantitative estimate of drug-likeness (QED) is 0.559. The van der Waals surface area contributed by atoms with Gasteiger partial charge in [0.05, 0.1) is 0 Å². The van der Waals surface area contributed by atoms with E-state index in [1.807, 2.05) is 39.2 Å². The van der Waals surface area contributed by atoms with E-state index in [4.69, 9.17) is 0 Å². The van der Waals surface area contributed by atoms with E-state index in [0.717, 1.165) is 5.57 Å². The summed E-state index contributed by atoms with van der Waals surface area (Å²) < 4.78 is 0. The van der Waals surface area contributed by atoms with E-state index in [1.165, 1.54) is 24.0 Å². The first-order valence-corrected chi connectivity index (χ1v) is 8.21. The maximum Gasteiger partial charge on any atom is -0.0167 e. The van der Waals surface area contributed by atoms with Crippen LogP contribution in [-0.4, -0.2) is 14.1 Å². The molecule has 0 amide bonds. The van der Waals surface area contributed by atoms with E-state index < -0.39 is 0 Å². The Morgan fingerprint density at radius 2 is 1.23 bits per heavy atom. The Kier molecular flexibility index (Phi) is 36.5. The van der Waals surface area contributed by atoms with E-state index in [0.29, 0.717) is 0 Å². The molecule has 0 aliphatic rings. The van der Waals surface area contributed by atoms with E-state index in [-0.39, 0.29) is 0 Å². The van der Waals surface area contributed by atoms with Crippen molar-refractivity contribution < 1.29 is 0 Å². The fourth-order valence-electron chi connectivity index (χ4n) is 0.793. The summed E-state index contributed by atoms with van der Waals surface area (Å²) in [5.41, 5.74) is 3.56. The maximum absolute atomic E-state index is 3.81. The van der Waals surface area contributed by atoms with Crippen LogP contribution >= 0.6 is 0 Å². The van der Waals surface area contributed by atoms with Gasteiger partial charge in [-0.1, -0.05) is 95.2 Å². The smallest absolute Gasteiger partial charge is 0.0167 e. The van der Waals surface area contributed by atoms with Crippen molar-refractivity contribution >= 4 is 0 Å². The van der Waals surface area contributed by atoms with Gasteiger partial charge in [0.25, 0.3) is 0 Å². The van der Waals surface area contributed by atoms with E-state index in [9.17, 15) is 0 Å². The minimum atomic E-state index is 1.06. The molecule has 130 valence electrons. The van der Waals surface area contributed by atoms with Crippen molar-refractivity contribution in [2.24, 2.45) is 0 Å². The van der Waals surface area contributed by atoms with Crippen molar-refractivity contribution in [3.63, 3.8) is 0 Å². The van der Waals surface area contributed by atoms with Gasteiger partial charge in [0.2, 0.25) is 0 Å². The predicted octanol–water partition coefficient (Wildman–Crippen LogP) is 6.87. The Bertz CT molecular complexity index is 308. The van der Waals surface area contributed by atoms with Crippen molar-refractivity contribution in [2.45, 2.75) is 61.3 Å². The topological polar surface area (TPSA) is 12.0 Å². The summed E-state index contributed by atoms with van der Waals surface area (Å²) in [6.07, 6.45) is 12.3. The molecular weight excluding hydrogens is 266 g/mol. The summed E-state index contributed by atoms with van der Waals surface area (Å²) in [4.78, 5) is 0. The van der Waals surface area contributed by atoms with Crippen LogP contribution in [-0.2, 0) is 0 Å². The zero-order chi connectivity index (χ0) is 18.4. The highest BCUT2D eigenvalue weighted by Crippen LogP contribution is 2.08. The Balaban J connectivity index is -0.000000148. The van der Waals surface area contributed by atoms with Crippen molar-refractivity contribution in [2.75, 3.05) is 14.1 Å². The fraction of sp³-hybridized carbons (Fsp3) is 0.524. The van der Waals surface area contributed by atoms with Crippen LogP contribution < -0.4 is 5.32 Å². The average molecular weight is 308 g/mol. The number of hydrogen-bond acceptors (Lipinski definition) is 1. The van der Waals surface area contributed by atoms with E-state index >= 15 is 0 Å². The fourth-order valence-corrected chi connectivity index (χ4v) is 0.793. The highest BCUT2D eigenvalue weighted by atomic mass is 14.7. The molecule has 0 aromatic heterocycles. The molecule has 1 heteroatoms. The summed E-state index contributed by atoms with van der Waals surface area (Å²) in [7, 11) is 3.75. The van der Waals surface area contributed by atoms with Crippen molar-refractivity contribution in [1.82, 2.24) is 5.32 Å². The summed E-state index contributed by atoms with van der Waals surface area (Å²) in [5.74, 6) is 0. The summed E-state index contributed by atoms with van der Waals surface area (Å²) in [6.45, 7) is 22.1. The van der Waals surface area contributed by atoms with Crippen LogP contribution in [0.2, 0.25) is 0 Å². The number of rotatable bonds is 4. The first-order chi connectivity index (χ1) is 10.3. The second kappa shape index (κ2) is 27.9. The molecule has 1 nitrogen and oxygen atoms in total. The van der Waals surface area contributed by atoms with Gasteiger partial charge in [-0.2, -0.15) is 0 Å². The first kappa shape index (κ1) is 28.8. The summed E-state index contributed by atoms with van der Waals surface area (Å²) in [5, 5.41) is 2.75. The van der Waals surface area contributed by atoms with Gasteiger partial charge in [0.1, 0.15) is 0 Å². The Morgan fingerprint density at radius 1 is 0.864 bits per heavy atom. The van der Waals surface area contributed by atoms with Crippen LogP contribution in [0.3, 0.4) is 0 Å². The molecule has 0 rings (SSSR count). The van der Waals surface area contributed by atoms with E-state index in [1.54, 1.807) is 6.08 Å². The highest BCUT2D eigenvalue weighted by molar-refractivity contribution is 5.37. The highest BCUT2D eigenvalue weighted by Gasteiger charge is 1.88. The minimum absolute atomic E-state index is 1.06. The van der Waals surface area contributed by atoms with Crippen molar-refractivity contribution in [1.29, 1.82) is 0 Å². The third kappa shape index (κ3) is 42.8. The molecule has 0 saturated carbocycles. The van der Waals surface area contributed by atoms with Crippen molar-refractivity contribution in [3.8, 4) is 0 Å². The monoisotopic (exact) mass is 307 g/mol. The Labute approximate surface area is 141 Å². The number of allylic oxidation sites excluding steroid dienone is 8. The number of hydrogen-bond donors (Lipinski definition) is 1. The summed E-state index contributed by atoms with van der Waals surface area (Å²) >= 11 is 0. The molecule has 0 radical (unpaired) electrons. The first-order valence-electron chi connectivity index (χ1n) is 8.21. The van der Waals surface area contributed by atoms with Gasteiger partial charge in [-0.15, -0.1) is 0 Å². The molecule has 0 aromatic carbocycles. The standard InChI is InChI=1S/C13H18.2C3H8.C2H7N/c1-6-7-8-13(12(4)5)10-9-11(2)3;3*1-3-2/h6-10H,1-2H2,3-5H3;2*3H2,1-2H3;3H,1-2H3/b8-7-,10-9-;;;. The van der Waals surface area contributed by atoms with Gasteiger partial charge in [-0.3, -0.25) is 0 Å². The molecular formula is C21H41N. The lowest BCUT2D eigenvalue weighted by Gasteiger charge is -1.97. The lowest BCUT2D eigenvalue weighted by molar-refractivity contribution is 1.02. The molecule has 0 fully saturated rings. The second-order valence-electron chi connectivity index (χ2n) is 5.14. The Hall–Kier alpha value is -1.34. The molecule has 0 spiro atoms. The molecule has 0 saturated heterocycles. The van der Waals surface area contributed by atoms with Crippen molar-refractivity contribution in [3.05, 3.63) is 60.3 Å². The van der Waals surface area contributed by atoms with Gasteiger partial charge in [-0.05, 0) is 40.4 Å². The molecule has 0 bridgehead atoms. The van der Waals surface area contributed by atoms with Gasteiger partial charge >= 0.3 is 0 Å². The van der Waals surface area contributed by atoms with Crippen LogP contribution in [0.4, 0.5) is 0 Å². The minimum Gasteiger partial charge on any atom is -0.323 e. The third-order valence-electron chi connectivity index (χ3n) is 1.54. The van der Waals surface area contributed by atoms with Crippen LogP contribution in [0.1, 0.15) is 61.3 Å². The lowest BCUT2D eigenvalue weighted by atomic mass is 10.1. The molecule has 0 aliphatic carbocycles. The normalized spacial score (nSPS) is 8.77.